The first-order chi connectivity index (χ1) is 9.13. The van der Waals surface area contributed by atoms with Gasteiger partial charge in [0, 0.05) is 31.8 Å². The van der Waals surface area contributed by atoms with Crippen LogP contribution in [0.3, 0.4) is 0 Å². The average molecular weight is 268 g/mol. The quantitative estimate of drug-likeness (QED) is 0.695. The lowest BCUT2D eigenvalue weighted by molar-refractivity contribution is 0.00725. The van der Waals surface area contributed by atoms with Gasteiger partial charge < -0.3 is 10.1 Å². The molecule has 2 saturated carbocycles. The fraction of sp³-hybridized carbons (Fsp3) is 1.00. The summed E-state index contributed by atoms with van der Waals surface area (Å²) >= 11 is 0. The summed E-state index contributed by atoms with van der Waals surface area (Å²) in [4.78, 5) is 2.75. The maximum absolute atomic E-state index is 5.32. The van der Waals surface area contributed by atoms with Crippen molar-refractivity contribution in [2.45, 2.75) is 64.6 Å². The van der Waals surface area contributed by atoms with Crippen LogP contribution in [0, 0.1) is 11.8 Å². The molecule has 0 aromatic rings. The van der Waals surface area contributed by atoms with Crippen LogP contribution in [0.1, 0.15) is 46.5 Å². The van der Waals surface area contributed by atoms with Gasteiger partial charge in [-0.05, 0) is 51.0 Å². The highest BCUT2D eigenvalue weighted by Crippen LogP contribution is 2.40. The van der Waals surface area contributed by atoms with Gasteiger partial charge in [-0.25, -0.2) is 0 Å². The number of nitrogens with zero attached hydrogens (tertiary/aromatic N) is 1. The molecule has 0 bridgehead atoms. The van der Waals surface area contributed by atoms with E-state index in [-0.39, 0.29) is 0 Å². The highest BCUT2D eigenvalue weighted by atomic mass is 16.5. The van der Waals surface area contributed by atoms with Crippen LogP contribution < -0.4 is 5.32 Å². The maximum atomic E-state index is 5.32. The van der Waals surface area contributed by atoms with Crippen LogP contribution in [-0.2, 0) is 4.74 Å². The van der Waals surface area contributed by atoms with Gasteiger partial charge in [0.1, 0.15) is 0 Å². The summed E-state index contributed by atoms with van der Waals surface area (Å²) in [5.41, 5.74) is 0. The monoisotopic (exact) mass is 268 g/mol. The van der Waals surface area contributed by atoms with E-state index in [0.29, 0.717) is 6.04 Å². The molecule has 0 saturated heterocycles. The van der Waals surface area contributed by atoms with Crippen molar-refractivity contribution in [2.24, 2.45) is 11.8 Å². The zero-order chi connectivity index (χ0) is 13.8. The summed E-state index contributed by atoms with van der Waals surface area (Å²) in [5.74, 6) is 1.80. The second-order valence-corrected chi connectivity index (χ2v) is 6.78. The normalized spacial score (nSPS) is 28.7. The fourth-order valence-electron chi connectivity index (χ4n) is 3.33. The predicted molar refractivity (Wildman–Crippen MR) is 80.4 cm³/mol. The Kier molecular flexibility index (Phi) is 5.67. The minimum Gasteiger partial charge on any atom is -0.383 e. The second kappa shape index (κ2) is 7.05. The molecule has 0 aliphatic heterocycles. The second-order valence-electron chi connectivity index (χ2n) is 6.78. The molecule has 3 nitrogen and oxygen atoms in total. The Hall–Kier alpha value is -0.120. The third-order valence-corrected chi connectivity index (χ3v) is 4.97. The van der Waals surface area contributed by atoms with Gasteiger partial charge in [-0.1, -0.05) is 13.8 Å². The maximum Gasteiger partial charge on any atom is 0.0589 e. The largest absolute Gasteiger partial charge is 0.383 e. The van der Waals surface area contributed by atoms with Gasteiger partial charge in [-0.15, -0.1) is 0 Å². The first-order valence-corrected chi connectivity index (χ1v) is 8.11. The fourth-order valence-corrected chi connectivity index (χ4v) is 3.33. The van der Waals surface area contributed by atoms with Gasteiger partial charge in [0.25, 0.3) is 0 Å². The van der Waals surface area contributed by atoms with E-state index in [1.165, 1.54) is 32.2 Å². The Balaban J connectivity index is 1.85. The zero-order valence-electron chi connectivity index (χ0n) is 13.2. The van der Waals surface area contributed by atoms with Crippen LogP contribution in [-0.4, -0.2) is 49.8 Å². The molecule has 3 atom stereocenters. The molecule has 2 fully saturated rings. The first-order valence-electron chi connectivity index (χ1n) is 8.11. The summed E-state index contributed by atoms with van der Waals surface area (Å²) in [5, 5.41) is 3.61. The summed E-state index contributed by atoms with van der Waals surface area (Å²) in [6.45, 7) is 10.1. The molecule has 2 rings (SSSR count). The van der Waals surface area contributed by atoms with Gasteiger partial charge in [-0.3, -0.25) is 4.90 Å². The molecule has 2 aliphatic rings. The molecule has 3 unspecified atom stereocenters. The molecule has 19 heavy (non-hydrogen) atoms. The van der Waals surface area contributed by atoms with E-state index < -0.39 is 0 Å². The van der Waals surface area contributed by atoms with Crippen LogP contribution in [0.4, 0.5) is 0 Å². The number of nitrogens with one attached hydrogen (secondary N) is 1. The third-order valence-electron chi connectivity index (χ3n) is 4.97. The highest BCUT2D eigenvalue weighted by Gasteiger charge is 2.41. The minimum absolute atomic E-state index is 0.606. The van der Waals surface area contributed by atoms with Gasteiger partial charge in [0.05, 0.1) is 6.61 Å². The summed E-state index contributed by atoms with van der Waals surface area (Å²) < 4.78 is 5.32. The van der Waals surface area contributed by atoms with Crippen molar-refractivity contribution >= 4 is 0 Å². The molecule has 0 amide bonds. The molecule has 2 aliphatic carbocycles. The third kappa shape index (κ3) is 4.17. The van der Waals surface area contributed by atoms with E-state index in [0.717, 1.165) is 37.1 Å². The zero-order valence-corrected chi connectivity index (χ0v) is 13.2. The van der Waals surface area contributed by atoms with E-state index in [1.807, 2.05) is 7.11 Å². The van der Waals surface area contributed by atoms with Crippen molar-refractivity contribution in [1.82, 2.24) is 10.2 Å². The van der Waals surface area contributed by atoms with Crippen LogP contribution in [0.5, 0.6) is 0 Å². The van der Waals surface area contributed by atoms with E-state index in [9.17, 15) is 0 Å². The van der Waals surface area contributed by atoms with Crippen LogP contribution in [0.15, 0.2) is 0 Å². The van der Waals surface area contributed by atoms with Gasteiger partial charge in [0.2, 0.25) is 0 Å². The SMILES string of the molecule is COCCN(C(C)C1CC1)C1CCC1CNC(C)C. The van der Waals surface area contributed by atoms with Crippen LogP contribution in [0.25, 0.3) is 0 Å². The number of rotatable bonds is 9. The lowest BCUT2D eigenvalue weighted by Gasteiger charge is -2.47. The summed E-state index contributed by atoms with van der Waals surface area (Å²) in [6, 6.07) is 2.15. The van der Waals surface area contributed by atoms with Gasteiger partial charge >= 0.3 is 0 Å². The van der Waals surface area contributed by atoms with E-state index in [4.69, 9.17) is 4.74 Å². The molecule has 0 aromatic carbocycles. The van der Waals surface area contributed by atoms with Crippen molar-refractivity contribution in [2.75, 3.05) is 26.8 Å². The lowest BCUT2D eigenvalue weighted by Crippen LogP contribution is -2.55. The highest BCUT2D eigenvalue weighted by molar-refractivity contribution is 4.95. The molecule has 112 valence electrons. The van der Waals surface area contributed by atoms with Gasteiger partial charge in [0.15, 0.2) is 0 Å². The number of methoxy groups -OCH3 is 1. The van der Waals surface area contributed by atoms with Crippen molar-refractivity contribution in [3.05, 3.63) is 0 Å². The molecular weight excluding hydrogens is 236 g/mol. The minimum atomic E-state index is 0.606. The standard InChI is InChI=1S/C16H32N2O/c1-12(2)17-11-15-7-8-16(15)18(9-10-19-4)13(3)14-5-6-14/h12-17H,5-11H2,1-4H3. The Morgan fingerprint density at radius 3 is 2.37 bits per heavy atom. The number of hydrogen-bond acceptors (Lipinski definition) is 3. The van der Waals surface area contributed by atoms with E-state index in [2.05, 4.69) is 31.0 Å². The Morgan fingerprint density at radius 1 is 1.16 bits per heavy atom. The van der Waals surface area contributed by atoms with Crippen LogP contribution >= 0.6 is 0 Å². The van der Waals surface area contributed by atoms with Crippen molar-refractivity contribution in [3.8, 4) is 0 Å². The average Bonchev–Trinajstić information content (AvgIpc) is 3.15. The molecule has 0 spiro atoms. The lowest BCUT2D eigenvalue weighted by atomic mass is 9.77. The molecule has 0 radical (unpaired) electrons. The van der Waals surface area contributed by atoms with Crippen molar-refractivity contribution in [3.63, 3.8) is 0 Å². The first kappa shape index (κ1) is 15.3. The summed E-state index contributed by atoms with van der Waals surface area (Å²) in [6.07, 6.45) is 5.65. The predicted octanol–water partition coefficient (Wildman–Crippen LogP) is 2.51. The molecule has 0 aromatic heterocycles. The van der Waals surface area contributed by atoms with Crippen LogP contribution in [0.2, 0.25) is 0 Å². The summed E-state index contributed by atoms with van der Waals surface area (Å²) in [7, 11) is 1.82. The number of ether oxygens (including phenoxy) is 1. The number of hydrogen-bond donors (Lipinski definition) is 1. The van der Waals surface area contributed by atoms with Crippen molar-refractivity contribution in [1.29, 1.82) is 0 Å². The Morgan fingerprint density at radius 2 is 1.89 bits per heavy atom. The van der Waals surface area contributed by atoms with E-state index in [1.54, 1.807) is 0 Å². The van der Waals surface area contributed by atoms with E-state index >= 15 is 0 Å². The molecule has 1 N–H and O–H groups in total. The molecular formula is C16H32N2O. The van der Waals surface area contributed by atoms with Gasteiger partial charge in [-0.2, -0.15) is 0 Å². The molecule has 0 heterocycles. The Labute approximate surface area is 119 Å². The molecule has 3 heteroatoms. The Bertz CT molecular complexity index is 265. The topological polar surface area (TPSA) is 24.5 Å². The smallest absolute Gasteiger partial charge is 0.0589 e. The van der Waals surface area contributed by atoms with Crippen molar-refractivity contribution < 1.29 is 4.74 Å².